The highest BCUT2D eigenvalue weighted by atomic mass is 32.1. The lowest BCUT2D eigenvalue weighted by Gasteiger charge is -2.28. The van der Waals surface area contributed by atoms with Gasteiger partial charge < -0.3 is 0 Å². The van der Waals surface area contributed by atoms with Crippen LogP contribution < -0.4 is 9.80 Å². The molecule has 0 aliphatic carbocycles. The molecule has 0 atom stereocenters. The minimum Gasteiger partial charge on any atom is -0.274 e. The van der Waals surface area contributed by atoms with Gasteiger partial charge in [-0.05, 0) is 48.9 Å². The molecule has 0 radical (unpaired) electrons. The highest BCUT2D eigenvalue weighted by Gasteiger charge is 2.36. The number of hydrogen-bond donors (Lipinski definition) is 0. The van der Waals surface area contributed by atoms with Crippen LogP contribution in [0.5, 0.6) is 0 Å². The number of hydrogen-bond acceptors (Lipinski definition) is 5. The number of amides is 3. The van der Waals surface area contributed by atoms with Gasteiger partial charge in [-0.15, -0.1) is 11.3 Å². The van der Waals surface area contributed by atoms with Crippen LogP contribution in [0.25, 0.3) is 11.6 Å². The summed E-state index contributed by atoms with van der Waals surface area (Å²) in [7, 11) is 0. The SMILES string of the molecule is CC(=O)N(c1nc(/C=C2\C(=O)N(c3cccc(C)c3)C(=O)c3ccccc32)cs1)c1ccccc1F. The molecule has 3 aromatic carbocycles. The molecule has 1 aromatic heterocycles. The number of halogens is 1. The van der Waals surface area contributed by atoms with Gasteiger partial charge in [0, 0.05) is 23.4 Å². The summed E-state index contributed by atoms with van der Waals surface area (Å²) in [6.07, 6.45) is 1.59. The summed E-state index contributed by atoms with van der Waals surface area (Å²) in [5, 5.41) is 1.95. The van der Waals surface area contributed by atoms with Crippen LogP contribution in [0.4, 0.5) is 20.9 Å². The number of aryl methyl sites for hydroxylation is 1. The average Bonchev–Trinajstić information content (AvgIpc) is 3.31. The normalized spacial score (nSPS) is 14.2. The van der Waals surface area contributed by atoms with E-state index in [0.29, 0.717) is 28.1 Å². The van der Waals surface area contributed by atoms with Crippen LogP contribution in [0.2, 0.25) is 0 Å². The number of imide groups is 1. The Balaban J connectivity index is 1.60. The smallest absolute Gasteiger partial charge is 0.266 e. The van der Waals surface area contributed by atoms with Crippen LogP contribution in [0.3, 0.4) is 0 Å². The molecular formula is C28H20FN3O3S. The van der Waals surface area contributed by atoms with E-state index in [1.54, 1.807) is 66.1 Å². The van der Waals surface area contributed by atoms with E-state index in [1.165, 1.54) is 24.0 Å². The minimum atomic E-state index is -0.550. The van der Waals surface area contributed by atoms with Crippen molar-refractivity contribution >= 4 is 57.2 Å². The van der Waals surface area contributed by atoms with Gasteiger partial charge in [-0.1, -0.05) is 42.5 Å². The van der Waals surface area contributed by atoms with Gasteiger partial charge in [0.15, 0.2) is 5.13 Å². The molecule has 178 valence electrons. The van der Waals surface area contributed by atoms with E-state index in [-0.39, 0.29) is 10.8 Å². The maximum Gasteiger partial charge on any atom is 0.266 e. The summed E-state index contributed by atoms with van der Waals surface area (Å²) in [5.41, 5.74) is 3.10. The zero-order valence-corrected chi connectivity index (χ0v) is 20.3. The van der Waals surface area contributed by atoms with Gasteiger partial charge in [0.2, 0.25) is 5.91 Å². The van der Waals surface area contributed by atoms with Gasteiger partial charge in [-0.25, -0.2) is 14.3 Å². The molecule has 36 heavy (non-hydrogen) atoms. The molecule has 5 rings (SSSR count). The summed E-state index contributed by atoms with van der Waals surface area (Å²) < 4.78 is 14.4. The van der Waals surface area contributed by atoms with Crippen molar-refractivity contribution in [1.82, 2.24) is 4.98 Å². The van der Waals surface area contributed by atoms with Crippen LogP contribution in [0, 0.1) is 12.7 Å². The fraction of sp³-hybridized carbons (Fsp3) is 0.0714. The van der Waals surface area contributed by atoms with Crippen LogP contribution in [0.1, 0.15) is 34.1 Å². The fourth-order valence-electron chi connectivity index (χ4n) is 4.13. The third-order valence-corrected chi connectivity index (χ3v) is 6.59. The molecule has 0 bridgehead atoms. The number of benzene rings is 3. The van der Waals surface area contributed by atoms with Crippen molar-refractivity contribution in [3.05, 3.63) is 106 Å². The average molecular weight is 498 g/mol. The lowest BCUT2D eigenvalue weighted by molar-refractivity contribution is -0.116. The van der Waals surface area contributed by atoms with E-state index in [1.807, 2.05) is 13.0 Å². The lowest BCUT2D eigenvalue weighted by atomic mass is 9.92. The second-order valence-corrected chi connectivity index (χ2v) is 9.09. The standard InChI is InChI=1S/C28H20FN3O3S/c1-17-8-7-9-20(14-17)32-26(34)22-11-4-3-10-21(22)23(27(32)35)15-19-16-36-28(30-19)31(18(2)33)25-13-6-5-12-24(25)29/h3-16H,1-2H3/b23-15-. The molecule has 0 fully saturated rings. The number of carbonyl (C=O) groups is 3. The molecular weight excluding hydrogens is 477 g/mol. The van der Waals surface area contributed by atoms with Gasteiger partial charge in [0.1, 0.15) is 5.82 Å². The quantitative estimate of drug-likeness (QED) is 0.256. The van der Waals surface area contributed by atoms with Gasteiger partial charge in [0.05, 0.1) is 22.6 Å². The predicted molar refractivity (Wildman–Crippen MR) is 139 cm³/mol. The molecule has 6 nitrogen and oxygen atoms in total. The van der Waals surface area contributed by atoms with E-state index >= 15 is 0 Å². The third kappa shape index (κ3) is 4.12. The molecule has 0 spiro atoms. The van der Waals surface area contributed by atoms with Crippen molar-refractivity contribution in [2.75, 3.05) is 9.80 Å². The lowest BCUT2D eigenvalue weighted by Crippen LogP contribution is -2.41. The molecule has 4 aromatic rings. The summed E-state index contributed by atoms with van der Waals surface area (Å²) >= 11 is 1.15. The second kappa shape index (κ2) is 9.31. The van der Waals surface area contributed by atoms with Crippen LogP contribution in [-0.2, 0) is 9.59 Å². The number of rotatable bonds is 4. The highest BCUT2D eigenvalue weighted by Crippen LogP contribution is 2.35. The van der Waals surface area contributed by atoms with Gasteiger partial charge >= 0.3 is 0 Å². The van der Waals surface area contributed by atoms with Crippen molar-refractivity contribution in [2.24, 2.45) is 0 Å². The van der Waals surface area contributed by atoms with Gasteiger partial charge in [0.25, 0.3) is 11.8 Å². The van der Waals surface area contributed by atoms with E-state index in [9.17, 15) is 18.8 Å². The Morgan fingerprint density at radius 3 is 2.42 bits per heavy atom. The Bertz CT molecular complexity index is 1560. The first-order valence-electron chi connectivity index (χ1n) is 11.1. The monoisotopic (exact) mass is 497 g/mol. The number of aromatic nitrogens is 1. The van der Waals surface area contributed by atoms with Crippen LogP contribution >= 0.6 is 11.3 Å². The second-order valence-electron chi connectivity index (χ2n) is 8.25. The number of carbonyl (C=O) groups excluding carboxylic acids is 3. The first-order valence-corrected chi connectivity index (χ1v) is 12.0. The predicted octanol–water partition coefficient (Wildman–Crippen LogP) is 6.00. The van der Waals surface area contributed by atoms with E-state index in [2.05, 4.69) is 4.98 Å². The van der Waals surface area contributed by atoms with Crippen molar-refractivity contribution in [1.29, 1.82) is 0 Å². The van der Waals surface area contributed by atoms with Crippen molar-refractivity contribution in [2.45, 2.75) is 13.8 Å². The molecule has 3 amide bonds. The Morgan fingerprint density at radius 1 is 0.972 bits per heavy atom. The van der Waals surface area contributed by atoms with E-state index < -0.39 is 23.5 Å². The number of fused-ring (bicyclic) bond motifs is 1. The topological polar surface area (TPSA) is 70.6 Å². The van der Waals surface area contributed by atoms with E-state index in [0.717, 1.165) is 21.8 Å². The van der Waals surface area contributed by atoms with Crippen molar-refractivity contribution in [3.8, 4) is 0 Å². The number of thiazole rings is 1. The highest BCUT2D eigenvalue weighted by molar-refractivity contribution is 7.14. The molecule has 0 N–H and O–H groups in total. The van der Waals surface area contributed by atoms with E-state index in [4.69, 9.17) is 0 Å². The van der Waals surface area contributed by atoms with Crippen molar-refractivity contribution in [3.63, 3.8) is 0 Å². The van der Waals surface area contributed by atoms with Crippen LogP contribution in [0.15, 0.2) is 78.2 Å². The minimum absolute atomic E-state index is 0.0915. The first kappa shape index (κ1) is 23.3. The molecule has 1 aliphatic heterocycles. The zero-order chi connectivity index (χ0) is 25.4. The molecule has 0 saturated carbocycles. The third-order valence-electron chi connectivity index (χ3n) is 5.75. The largest absolute Gasteiger partial charge is 0.274 e. The Kier molecular flexibility index (Phi) is 6.03. The maximum atomic E-state index is 14.4. The number of para-hydroxylation sites is 1. The summed E-state index contributed by atoms with van der Waals surface area (Å²) in [5.74, 6) is -1.83. The first-order chi connectivity index (χ1) is 17.3. The molecule has 0 saturated heterocycles. The number of nitrogens with zero attached hydrogens (tertiary/aromatic N) is 3. The molecule has 2 heterocycles. The zero-order valence-electron chi connectivity index (χ0n) is 19.4. The Morgan fingerprint density at radius 2 is 1.69 bits per heavy atom. The number of anilines is 3. The molecule has 0 unspecified atom stereocenters. The van der Waals surface area contributed by atoms with Gasteiger partial charge in [-0.3, -0.25) is 19.3 Å². The fourth-order valence-corrected chi connectivity index (χ4v) is 4.96. The van der Waals surface area contributed by atoms with Crippen molar-refractivity contribution < 1.29 is 18.8 Å². The summed E-state index contributed by atoms with van der Waals surface area (Å²) in [4.78, 5) is 46.2. The Hall–Kier alpha value is -4.43. The van der Waals surface area contributed by atoms with Gasteiger partial charge in [-0.2, -0.15) is 0 Å². The molecule has 1 aliphatic rings. The Labute approximate surface area is 210 Å². The summed E-state index contributed by atoms with van der Waals surface area (Å²) in [6.45, 7) is 3.22. The molecule has 8 heteroatoms. The maximum absolute atomic E-state index is 14.4. The summed E-state index contributed by atoms with van der Waals surface area (Å²) in [6, 6.07) is 20.1. The van der Waals surface area contributed by atoms with Crippen LogP contribution in [-0.4, -0.2) is 22.7 Å².